The van der Waals surface area contributed by atoms with Gasteiger partial charge in [-0.2, -0.15) is 0 Å². The third kappa shape index (κ3) is 5.15. The van der Waals surface area contributed by atoms with Crippen LogP contribution in [0.1, 0.15) is 21.5 Å². The third-order valence-corrected chi connectivity index (χ3v) is 4.29. The highest BCUT2D eigenvalue weighted by molar-refractivity contribution is 6.33. The first-order valence-electron chi connectivity index (χ1n) is 8.47. The Balaban J connectivity index is 1.56. The molecule has 0 aliphatic rings. The molecule has 3 aromatic rings. The monoisotopic (exact) mass is 365 g/mol. The molecule has 2 N–H and O–H groups in total. The molecule has 0 saturated carbocycles. The van der Waals surface area contributed by atoms with Crippen molar-refractivity contribution < 1.29 is 4.79 Å². The lowest BCUT2D eigenvalue weighted by Crippen LogP contribution is -2.17. The smallest absolute Gasteiger partial charge is 0.257 e. The first-order valence-corrected chi connectivity index (χ1v) is 8.84. The van der Waals surface area contributed by atoms with E-state index in [0.29, 0.717) is 22.8 Å². The molecule has 0 bridgehead atoms. The predicted molar refractivity (Wildman–Crippen MR) is 105 cm³/mol. The summed E-state index contributed by atoms with van der Waals surface area (Å²) in [6, 6.07) is 19.4. The Bertz CT molecular complexity index is 854. The van der Waals surface area contributed by atoms with Crippen molar-refractivity contribution in [3.8, 4) is 0 Å². The number of carbonyl (C=O) groups excluding carboxylic acids is 1. The summed E-state index contributed by atoms with van der Waals surface area (Å²) in [5, 5.41) is 6.77. The van der Waals surface area contributed by atoms with E-state index in [4.69, 9.17) is 11.6 Å². The lowest BCUT2D eigenvalue weighted by Gasteiger charge is -2.10. The molecule has 5 heteroatoms. The maximum atomic E-state index is 12.3. The zero-order chi connectivity index (χ0) is 18.2. The molecule has 0 saturated heterocycles. The van der Waals surface area contributed by atoms with Gasteiger partial charge in [0.1, 0.15) is 0 Å². The summed E-state index contributed by atoms with van der Waals surface area (Å²) < 4.78 is 0. The van der Waals surface area contributed by atoms with E-state index in [-0.39, 0.29) is 5.91 Å². The van der Waals surface area contributed by atoms with Crippen LogP contribution < -0.4 is 10.6 Å². The fourth-order valence-electron chi connectivity index (χ4n) is 2.58. The number of halogens is 1. The van der Waals surface area contributed by atoms with Crippen LogP contribution in [0.25, 0.3) is 0 Å². The summed E-state index contributed by atoms with van der Waals surface area (Å²) in [4.78, 5) is 16.2. The molecule has 3 rings (SSSR count). The molecule has 0 spiro atoms. The lowest BCUT2D eigenvalue weighted by molar-refractivity contribution is 0.102. The van der Waals surface area contributed by atoms with E-state index in [2.05, 4.69) is 27.8 Å². The van der Waals surface area contributed by atoms with E-state index in [1.807, 2.05) is 30.3 Å². The Morgan fingerprint density at radius 2 is 1.85 bits per heavy atom. The zero-order valence-electron chi connectivity index (χ0n) is 14.3. The molecule has 4 nitrogen and oxygen atoms in total. The number of nitrogens with one attached hydrogen (secondary N) is 2. The second-order valence-corrected chi connectivity index (χ2v) is 6.33. The molecule has 0 unspecified atom stereocenters. The molecule has 0 aliphatic heterocycles. The van der Waals surface area contributed by atoms with Gasteiger partial charge in [-0.1, -0.05) is 48.0 Å². The van der Waals surface area contributed by atoms with Crippen LogP contribution in [-0.2, 0) is 13.0 Å². The van der Waals surface area contributed by atoms with Crippen LogP contribution in [0.4, 0.5) is 5.69 Å². The van der Waals surface area contributed by atoms with E-state index >= 15 is 0 Å². The van der Waals surface area contributed by atoms with Crippen LogP contribution in [0.2, 0.25) is 5.02 Å². The summed E-state index contributed by atoms with van der Waals surface area (Å²) in [7, 11) is 0. The predicted octanol–water partition coefficient (Wildman–Crippen LogP) is 4.32. The number of anilines is 1. The molecule has 0 fully saturated rings. The lowest BCUT2D eigenvalue weighted by atomic mass is 10.1. The van der Waals surface area contributed by atoms with Crippen molar-refractivity contribution in [3.05, 3.63) is 94.8 Å². The van der Waals surface area contributed by atoms with Gasteiger partial charge in [-0.3, -0.25) is 9.78 Å². The Labute approximate surface area is 158 Å². The average Bonchev–Trinajstić information content (AvgIpc) is 2.69. The number of benzene rings is 2. The fraction of sp³-hybridized carbons (Fsp3) is 0.143. The van der Waals surface area contributed by atoms with E-state index in [0.717, 1.165) is 18.5 Å². The number of nitrogens with zero attached hydrogens (tertiary/aromatic N) is 1. The minimum absolute atomic E-state index is 0.228. The molecule has 0 atom stereocenters. The molecule has 132 valence electrons. The summed E-state index contributed by atoms with van der Waals surface area (Å²) in [5.41, 5.74) is 3.46. The van der Waals surface area contributed by atoms with E-state index < -0.39 is 0 Å². The quantitative estimate of drug-likeness (QED) is 0.613. The van der Waals surface area contributed by atoms with Crippen LogP contribution in [0.3, 0.4) is 0 Å². The largest absolute Gasteiger partial charge is 0.321 e. The number of pyridine rings is 1. The second kappa shape index (κ2) is 9.13. The molecule has 2 aromatic carbocycles. The van der Waals surface area contributed by atoms with Crippen molar-refractivity contribution in [2.24, 2.45) is 0 Å². The maximum absolute atomic E-state index is 12.3. The topological polar surface area (TPSA) is 54.0 Å². The number of carbonyl (C=O) groups is 1. The summed E-state index contributed by atoms with van der Waals surface area (Å²) in [5.74, 6) is -0.228. The van der Waals surface area contributed by atoms with E-state index in [1.54, 1.807) is 24.4 Å². The molecule has 0 aliphatic carbocycles. The van der Waals surface area contributed by atoms with Gasteiger partial charge in [0.2, 0.25) is 0 Å². The van der Waals surface area contributed by atoms with Crippen molar-refractivity contribution in [1.82, 2.24) is 10.3 Å². The van der Waals surface area contributed by atoms with Crippen LogP contribution >= 0.6 is 11.6 Å². The van der Waals surface area contributed by atoms with Crippen molar-refractivity contribution >= 4 is 23.2 Å². The average molecular weight is 366 g/mol. The number of hydrogen-bond donors (Lipinski definition) is 2. The highest BCUT2D eigenvalue weighted by Gasteiger charge is 2.09. The van der Waals surface area contributed by atoms with Crippen molar-refractivity contribution in [2.75, 3.05) is 11.9 Å². The van der Waals surface area contributed by atoms with Crippen molar-refractivity contribution in [2.45, 2.75) is 13.0 Å². The van der Waals surface area contributed by atoms with Crippen LogP contribution in [-0.4, -0.2) is 17.4 Å². The molecule has 26 heavy (non-hydrogen) atoms. The van der Waals surface area contributed by atoms with Gasteiger partial charge in [0.05, 0.1) is 16.3 Å². The number of hydrogen-bond acceptors (Lipinski definition) is 3. The maximum Gasteiger partial charge on any atom is 0.257 e. The first-order chi connectivity index (χ1) is 12.7. The minimum Gasteiger partial charge on any atom is -0.321 e. The Kier molecular flexibility index (Phi) is 6.36. The van der Waals surface area contributed by atoms with Crippen molar-refractivity contribution in [1.29, 1.82) is 0 Å². The first kappa shape index (κ1) is 18.1. The molecule has 1 aromatic heterocycles. The Morgan fingerprint density at radius 3 is 2.62 bits per heavy atom. The molecular weight excluding hydrogens is 346 g/mol. The molecular formula is C21H20ClN3O. The van der Waals surface area contributed by atoms with Gasteiger partial charge < -0.3 is 10.6 Å². The van der Waals surface area contributed by atoms with Gasteiger partial charge >= 0.3 is 0 Å². The summed E-state index contributed by atoms with van der Waals surface area (Å²) in [6.07, 6.45) is 4.13. The van der Waals surface area contributed by atoms with Gasteiger partial charge in [-0.05, 0) is 48.4 Å². The van der Waals surface area contributed by atoms with Crippen molar-refractivity contribution in [3.63, 3.8) is 0 Å². The third-order valence-electron chi connectivity index (χ3n) is 3.97. The molecule has 0 radical (unpaired) electrons. The number of amides is 1. The molecule has 1 amide bonds. The van der Waals surface area contributed by atoms with Gasteiger partial charge in [-0.15, -0.1) is 0 Å². The summed E-state index contributed by atoms with van der Waals surface area (Å²) in [6.45, 7) is 1.59. The highest BCUT2D eigenvalue weighted by Crippen LogP contribution is 2.23. The Morgan fingerprint density at radius 1 is 1.00 bits per heavy atom. The van der Waals surface area contributed by atoms with Gasteiger partial charge in [0.25, 0.3) is 5.91 Å². The van der Waals surface area contributed by atoms with Crippen LogP contribution in [0, 0.1) is 0 Å². The normalized spacial score (nSPS) is 10.5. The van der Waals surface area contributed by atoms with Crippen LogP contribution in [0.15, 0.2) is 73.1 Å². The second-order valence-electron chi connectivity index (χ2n) is 5.92. The van der Waals surface area contributed by atoms with Gasteiger partial charge in [0, 0.05) is 18.9 Å². The van der Waals surface area contributed by atoms with E-state index in [1.165, 1.54) is 11.8 Å². The number of aromatic nitrogens is 1. The fourth-order valence-corrected chi connectivity index (χ4v) is 2.74. The standard InChI is InChI=1S/C21H20ClN3O/c22-19-9-8-17(14-24-12-10-16-5-2-1-3-6-16)13-20(19)25-21(26)18-7-4-11-23-15-18/h1-9,11,13,15,24H,10,12,14H2,(H,25,26). The Hall–Kier alpha value is -2.69. The molecule has 1 heterocycles. The van der Waals surface area contributed by atoms with Crippen LogP contribution in [0.5, 0.6) is 0 Å². The van der Waals surface area contributed by atoms with Gasteiger partial charge in [0.15, 0.2) is 0 Å². The van der Waals surface area contributed by atoms with E-state index in [9.17, 15) is 4.79 Å². The zero-order valence-corrected chi connectivity index (χ0v) is 15.0. The number of rotatable bonds is 7. The van der Waals surface area contributed by atoms with Gasteiger partial charge in [-0.25, -0.2) is 0 Å². The minimum atomic E-state index is -0.228. The highest BCUT2D eigenvalue weighted by atomic mass is 35.5. The SMILES string of the molecule is O=C(Nc1cc(CNCCc2ccccc2)ccc1Cl)c1cccnc1. The summed E-state index contributed by atoms with van der Waals surface area (Å²) >= 11 is 6.22.